The number of thiazole rings is 1. The maximum absolute atomic E-state index is 12.6. The first-order chi connectivity index (χ1) is 17.4. The second kappa shape index (κ2) is 10.5. The summed E-state index contributed by atoms with van der Waals surface area (Å²) in [6.45, 7) is -0.0653. The molecule has 36 heavy (non-hydrogen) atoms. The van der Waals surface area contributed by atoms with E-state index in [2.05, 4.69) is 4.98 Å². The van der Waals surface area contributed by atoms with Gasteiger partial charge >= 0.3 is 17.6 Å². The fourth-order valence-electron chi connectivity index (χ4n) is 3.69. The summed E-state index contributed by atoms with van der Waals surface area (Å²) in [6.07, 6.45) is 0. The van der Waals surface area contributed by atoms with Crippen LogP contribution in [0.4, 0.5) is 11.4 Å². The van der Waals surface area contributed by atoms with Crippen LogP contribution in [0, 0.1) is 10.1 Å². The van der Waals surface area contributed by atoms with E-state index >= 15 is 0 Å². The van der Waals surface area contributed by atoms with E-state index < -0.39 is 16.9 Å². The number of methoxy groups -OCH3 is 3. The molecular formula is C24H21N3O8S. The summed E-state index contributed by atoms with van der Waals surface area (Å²) < 4.78 is 20.3. The molecule has 0 fully saturated rings. The number of carbonyl (C=O) groups is 2. The minimum atomic E-state index is -0.693. The van der Waals surface area contributed by atoms with Crippen molar-refractivity contribution in [1.29, 1.82) is 0 Å². The van der Waals surface area contributed by atoms with Crippen molar-refractivity contribution in [3.63, 3.8) is 0 Å². The maximum Gasteiger partial charge on any atom is 0.355 e. The van der Waals surface area contributed by atoms with Crippen LogP contribution in [0.5, 0.6) is 5.75 Å². The zero-order chi connectivity index (χ0) is 25.8. The Kier molecular flexibility index (Phi) is 7.27. The van der Waals surface area contributed by atoms with Crippen LogP contribution in [0.1, 0.15) is 0 Å². The highest BCUT2D eigenvalue weighted by molar-refractivity contribution is 7.13. The molecule has 1 aliphatic rings. The van der Waals surface area contributed by atoms with Gasteiger partial charge in [-0.25, -0.2) is 14.6 Å². The lowest BCUT2D eigenvalue weighted by molar-refractivity contribution is -0.385. The number of carbonyl (C=O) groups excluding carboxylic acids is 2. The number of ether oxygens (including phenoxy) is 4. The summed E-state index contributed by atoms with van der Waals surface area (Å²) in [5.41, 5.74) is 2.39. The Morgan fingerprint density at radius 3 is 2.56 bits per heavy atom. The van der Waals surface area contributed by atoms with Crippen molar-refractivity contribution in [3.8, 4) is 27.6 Å². The highest BCUT2D eigenvalue weighted by Gasteiger charge is 2.32. The average Bonchev–Trinajstić information content (AvgIpc) is 3.42. The zero-order valence-corrected chi connectivity index (χ0v) is 20.4. The molecule has 0 atom stereocenters. The van der Waals surface area contributed by atoms with Crippen molar-refractivity contribution in [2.45, 2.75) is 0 Å². The van der Waals surface area contributed by atoms with Crippen molar-refractivity contribution in [3.05, 3.63) is 69.2 Å². The highest BCUT2D eigenvalue weighted by Crippen LogP contribution is 2.36. The Morgan fingerprint density at radius 2 is 1.86 bits per heavy atom. The highest BCUT2D eigenvalue weighted by atomic mass is 32.1. The lowest BCUT2D eigenvalue weighted by Crippen LogP contribution is -2.38. The molecule has 1 aliphatic heterocycles. The van der Waals surface area contributed by atoms with Crippen LogP contribution in [-0.4, -0.2) is 56.5 Å². The number of nitro groups is 1. The molecule has 0 aliphatic carbocycles. The summed E-state index contributed by atoms with van der Waals surface area (Å²) in [5, 5.41) is 13.8. The van der Waals surface area contributed by atoms with E-state index in [9.17, 15) is 19.7 Å². The van der Waals surface area contributed by atoms with E-state index in [1.807, 2.05) is 6.07 Å². The van der Waals surface area contributed by atoms with E-state index in [-0.39, 0.29) is 36.0 Å². The number of rotatable bonds is 7. The lowest BCUT2D eigenvalue weighted by atomic mass is 10.1. The Morgan fingerprint density at radius 1 is 1.08 bits per heavy atom. The molecule has 0 unspecified atom stereocenters. The van der Waals surface area contributed by atoms with Crippen LogP contribution in [-0.2, 0) is 23.8 Å². The van der Waals surface area contributed by atoms with E-state index in [0.29, 0.717) is 22.0 Å². The van der Waals surface area contributed by atoms with Crippen molar-refractivity contribution in [1.82, 2.24) is 4.98 Å². The molecule has 1 aromatic heterocycles. The molecule has 3 aromatic rings. The molecule has 0 bridgehead atoms. The third kappa shape index (κ3) is 4.76. The van der Waals surface area contributed by atoms with Gasteiger partial charge in [-0.15, -0.1) is 11.3 Å². The molecule has 0 saturated carbocycles. The number of benzene rings is 2. The number of nitro benzene ring substituents is 1. The molecule has 12 heteroatoms. The van der Waals surface area contributed by atoms with Gasteiger partial charge in [-0.3, -0.25) is 10.1 Å². The van der Waals surface area contributed by atoms with E-state index in [1.165, 1.54) is 49.7 Å². The number of nitrogens with zero attached hydrogens (tertiary/aromatic N) is 3. The predicted octanol–water partition coefficient (Wildman–Crippen LogP) is 3.79. The predicted molar refractivity (Wildman–Crippen MR) is 131 cm³/mol. The molecule has 0 N–H and O–H groups in total. The van der Waals surface area contributed by atoms with Gasteiger partial charge in [0.2, 0.25) is 0 Å². The summed E-state index contributed by atoms with van der Waals surface area (Å²) in [6, 6.07) is 11.8. The molecule has 4 rings (SSSR count). The monoisotopic (exact) mass is 511 g/mol. The van der Waals surface area contributed by atoms with Crippen LogP contribution in [0.3, 0.4) is 0 Å². The molecule has 0 amide bonds. The van der Waals surface area contributed by atoms with E-state index in [4.69, 9.17) is 18.9 Å². The van der Waals surface area contributed by atoms with Crippen LogP contribution >= 0.6 is 11.3 Å². The van der Waals surface area contributed by atoms with E-state index in [0.717, 1.165) is 5.56 Å². The fourth-order valence-corrected chi connectivity index (χ4v) is 4.51. The molecule has 0 spiro atoms. The van der Waals surface area contributed by atoms with Gasteiger partial charge in [-0.2, -0.15) is 0 Å². The standard InChI is InChI=1S/C24H21N3O8S/c1-32-20-8-7-14(10-19(20)27(30)31)18-12-36-22(25-18)15-5-4-6-16(9-15)26-13-35-11-17(23(28)33-2)21(26)24(29)34-3/h4-10,12H,11,13H2,1-3H3. The first-order valence-electron chi connectivity index (χ1n) is 10.5. The van der Waals surface area contributed by atoms with Gasteiger partial charge in [0.1, 0.15) is 17.4 Å². The topological polar surface area (TPSA) is 130 Å². The number of hydrogen-bond donors (Lipinski definition) is 0. The minimum Gasteiger partial charge on any atom is -0.490 e. The minimum absolute atomic E-state index is 0.0208. The Balaban J connectivity index is 1.70. The van der Waals surface area contributed by atoms with Gasteiger partial charge in [-0.05, 0) is 24.3 Å². The van der Waals surface area contributed by atoms with Crippen LogP contribution in [0.25, 0.3) is 21.8 Å². The van der Waals surface area contributed by atoms with Crippen molar-refractivity contribution in [2.75, 3.05) is 39.6 Å². The van der Waals surface area contributed by atoms with E-state index in [1.54, 1.807) is 29.6 Å². The van der Waals surface area contributed by atoms with Gasteiger partial charge in [-0.1, -0.05) is 12.1 Å². The second-order valence-corrected chi connectivity index (χ2v) is 8.31. The Labute approximate surface area is 209 Å². The van der Waals surface area contributed by atoms with Crippen LogP contribution in [0.2, 0.25) is 0 Å². The molecule has 2 aromatic carbocycles. The van der Waals surface area contributed by atoms with Crippen molar-refractivity contribution >= 4 is 34.7 Å². The third-order valence-electron chi connectivity index (χ3n) is 5.41. The summed E-state index contributed by atoms with van der Waals surface area (Å²) in [7, 11) is 3.83. The van der Waals surface area contributed by atoms with Crippen LogP contribution < -0.4 is 9.64 Å². The first-order valence-corrected chi connectivity index (χ1v) is 11.4. The number of aromatic nitrogens is 1. The molecule has 0 saturated heterocycles. The molecular weight excluding hydrogens is 490 g/mol. The number of hydrogen-bond acceptors (Lipinski definition) is 11. The van der Waals surface area contributed by atoms with Gasteiger partial charge in [0.05, 0.1) is 44.1 Å². The molecule has 186 valence electrons. The smallest absolute Gasteiger partial charge is 0.355 e. The van der Waals surface area contributed by atoms with Crippen molar-refractivity contribution in [2.24, 2.45) is 0 Å². The first kappa shape index (κ1) is 24.8. The maximum atomic E-state index is 12.6. The van der Waals surface area contributed by atoms with Gasteiger partial charge in [0.15, 0.2) is 5.75 Å². The SMILES string of the molecule is COC(=O)C1=C(C(=O)OC)N(c2cccc(-c3nc(-c4ccc(OC)c([N+](=O)[O-])c4)cs3)c2)COC1. The summed E-state index contributed by atoms with van der Waals surface area (Å²) in [5.74, 6) is -1.22. The normalized spacial score (nSPS) is 13.4. The largest absolute Gasteiger partial charge is 0.490 e. The number of esters is 2. The molecule has 0 radical (unpaired) electrons. The number of anilines is 1. The Bertz CT molecular complexity index is 1370. The molecule has 11 nitrogen and oxygen atoms in total. The van der Waals surface area contributed by atoms with Gasteiger partial charge in [0.25, 0.3) is 0 Å². The Hall–Kier alpha value is -4.29. The molecule has 2 heterocycles. The quantitative estimate of drug-likeness (QED) is 0.262. The average molecular weight is 512 g/mol. The second-order valence-electron chi connectivity index (χ2n) is 7.45. The summed E-state index contributed by atoms with van der Waals surface area (Å²) >= 11 is 1.36. The third-order valence-corrected chi connectivity index (χ3v) is 6.30. The zero-order valence-electron chi connectivity index (χ0n) is 19.5. The fraction of sp³-hybridized carbons (Fsp3) is 0.208. The van der Waals surface area contributed by atoms with Crippen molar-refractivity contribution < 1.29 is 33.5 Å². The van der Waals surface area contributed by atoms with Gasteiger partial charge in [0, 0.05) is 28.3 Å². The summed E-state index contributed by atoms with van der Waals surface area (Å²) in [4.78, 5) is 41.9. The van der Waals surface area contributed by atoms with Crippen LogP contribution in [0.15, 0.2) is 59.1 Å². The lowest BCUT2D eigenvalue weighted by Gasteiger charge is -2.31. The van der Waals surface area contributed by atoms with Gasteiger partial charge < -0.3 is 23.8 Å².